The molecule has 0 radical (unpaired) electrons. The van der Waals surface area contributed by atoms with Crippen LogP contribution < -0.4 is 4.90 Å². The van der Waals surface area contributed by atoms with E-state index in [2.05, 4.69) is 4.98 Å². The van der Waals surface area contributed by atoms with E-state index in [1.807, 2.05) is 11.0 Å². The molecule has 1 aromatic heterocycles. The van der Waals surface area contributed by atoms with Gasteiger partial charge in [0.15, 0.2) is 0 Å². The molecule has 1 saturated heterocycles. The maximum Gasteiger partial charge on any atom is 0.0990 e. The summed E-state index contributed by atoms with van der Waals surface area (Å²) in [7, 11) is 0. The first-order valence-corrected chi connectivity index (χ1v) is 5.33. The molecular weight excluding hydrogens is 208 g/mol. The van der Waals surface area contributed by atoms with E-state index in [0.29, 0.717) is 18.8 Å². The van der Waals surface area contributed by atoms with Crippen molar-refractivity contribution in [2.75, 3.05) is 18.0 Å². The van der Waals surface area contributed by atoms with Crippen molar-refractivity contribution < 1.29 is 15.3 Å². The van der Waals surface area contributed by atoms with Crippen LogP contribution in [0.5, 0.6) is 0 Å². The van der Waals surface area contributed by atoms with Crippen LogP contribution in [0.15, 0.2) is 18.3 Å². The Bertz CT molecular complexity index is 343. The van der Waals surface area contributed by atoms with Gasteiger partial charge in [-0.15, -0.1) is 0 Å². The number of pyridine rings is 1. The molecule has 0 amide bonds. The molecule has 1 fully saturated rings. The number of nitrogens with zero attached hydrogens (tertiary/aromatic N) is 2. The Morgan fingerprint density at radius 1 is 1.31 bits per heavy atom. The van der Waals surface area contributed by atoms with Gasteiger partial charge in [-0.05, 0) is 19.1 Å². The van der Waals surface area contributed by atoms with Crippen molar-refractivity contribution >= 4 is 5.69 Å². The normalized spacial score (nSPS) is 27.1. The van der Waals surface area contributed by atoms with Crippen molar-refractivity contribution in [3.8, 4) is 0 Å². The number of rotatable bonds is 2. The summed E-state index contributed by atoms with van der Waals surface area (Å²) in [6.45, 7) is 2.49. The van der Waals surface area contributed by atoms with Gasteiger partial charge in [0.2, 0.25) is 0 Å². The SMILES string of the molecule is CC(O)c1ccc(N2CC(O)C(O)C2)cn1. The van der Waals surface area contributed by atoms with Crippen LogP contribution in [0.1, 0.15) is 18.7 Å². The van der Waals surface area contributed by atoms with Gasteiger partial charge in [0, 0.05) is 13.1 Å². The Morgan fingerprint density at radius 2 is 1.94 bits per heavy atom. The van der Waals surface area contributed by atoms with E-state index < -0.39 is 18.3 Å². The van der Waals surface area contributed by atoms with Gasteiger partial charge in [-0.2, -0.15) is 0 Å². The predicted molar refractivity (Wildman–Crippen MR) is 59.1 cm³/mol. The number of aliphatic hydroxyl groups is 3. The molecule has 3 N–H and O–H groups in total. The zero-order valence-electron chi connectivity index (χ0n) is 9.11. The molecule has 0 saturated carbocycles. The number of β-amino-alcohol motifs (C(OH)–C–C–N with tert-alkyl or cyclic N) is 2. The van der Waals surface area contributed by atoms with Crippen LogP contribution in [0.25, 0.3) is 0 Å². The fraction of sp³-hybridized carbons (Fsp3) is 0.545. The molecule has 5 heteroatoms. The van der Waals surface area contributed by atoms with Crippen LogP contribution >= 0.6 is 0 Å². The van der Waals surface area contributed by atoms with Crippen molar-refractivity contribution in [3.05, 3.63) is 24.0 Å². The fourth-order valence-electron chi connectivity index (χ4n) is 1.81. The van der Waals surface area contributed by atoms with Gasteiger partial charge >= 0.3 is 0 Å². The van der Waals surface area contributed by atoms with E-state index in [1.165, 1.54) is 0 Å². The number of hydrogen-bond acceptors (Lipinski definition) is 5. The fourth-order valence-corrected chi connectivity index (χ4v) is 1.81. The average Bonchev–Trinajstić information content (AvgIpc) is 2.59. The number of aliphatic hydroxyl groups excluding tert-OH is 3. The molecule has 5 nitrogen and oxygen atoms in total. The second-order valence-corrected chi connectivity index (χ2v) is 4.16. The molecule has 0 aliphatic carbocycles. The first-order valence-electron chi connectivity index (χ1n) is 5.33. The first kappa shape index (κ1) is 11.3. The Hall–Kier alpha value is -1.17. The lowest BCUT2D eigenvalue weighted by Gasteiger charge is -2.17. The summed E-state index contributed by atoms with van der Waals surface area (Å²) in [6.07, 6.45) is -0.330. The van der Waals surface area contributed by atoms with Gasteiger partial charge in [0.25, 0.3) is 0 Å². The number of anilines is 1. The molecule has 2 heterocycles. The van der Waals surface area contributed by atoms with E-state index >= 15 is 0 Å². The highest BCUT2D eigenvalue weighted by molar-refractivity contribution is 5.46. The molecule has 3 unspecified atom stereocenters. The maximum atomic E-state index is 9.42. The van der Waals surface area contributed by atoms with E-state index in [4.69, 9.17) is 0 Å². The number of aromatic nitrogens is 1. The first-order chi connectivity index (χ1) is 7.58. The van der Waals surface area contributed by atoms with Crippen molar-refractivity contribution in [2.24, 2.45) is 0 Å². The zero-order chi connectivity index (χ0) is 11.7. The van der Waals surface area contributed by atoms with Crippen molar-refractivity contribution in [3.63, 3.8) is 0 Å². The molecule has 1 aliphatic heterocycles. The molecule has 1 aromatic rings. The van der Waals surface area contributed by atoms with E-state index in [0.717, 1.165) is 5.69 Å². The van der Waals surface area contributed by atoms with Crippen LogP contribution in [0.3, 0.4) is 0 Å². The summed E-state index contributed by atoms with van der Waals surface area (Å²) >= 11 is 0. The minimum Gasteiger partial charge on any atom is -0.389 e. The van der Waals surface area contributed by atoms with Crippen LogP contribution in [0.4, 0.5) is 5.69 Å². The van der Waals surface area contributed by atoms with Crippen molar-refractivity contribution in [1.82, 2.24) is 4.98 Å². The minimum atomic E-state index is -0.698. The Balaban J connectivity index is 2.11. The lowest BCUT2D eigenvalue weighted by atomic mass is 10.2. The third-order valence-corrected chi connectivity index (χ3v) is 2.82. The van der Waals surface area contributed by atoms with Crippen molar-refractivity contribution in [1.29, 1.82) is 0 Å². The van der Waals surface area contributed by atoms with Gasteiger partial charge < -0.3 is 20.2 Å². The highest BCUT2D eigenvalue weighted by Gasteiger charge is 2.29. The lowest BCUT2D eigenvalue weighted by Crippen LogP contribution is -2.22. The monoisotopic (exact) mass is 224 g/mol. The molecule has 0 spiro atoms. The van der Waals surface area contributed by atoms with Gasteiger partial charge in [-0.3, -0.25) is 4.98 Å². The third kappa shape index (κ3) is 2.16. The largest absolute Gasteiger partial charge is 0.389 e. The minimum absolute atomic E-state index is 0.414. The molecule has 3 atom stereocenters. The Labute approximate surface area is 94.0 Å². The molecule has 0 aromatic carbocycles. The molecule has 88 valence electrons. The highest BCUT2D eigenvalue weighted by Crippen LogP contribution is 2.21. The highest BCUT2D eigenvalue weighted by atomic mass is 16.3. The van der Waals surface area contributed by atoms with Crippen molar-refractivity contribution in [2.45, 2.75) is 25.2 Å². The Kier molecular flexibility index (Phi) is 3.09. The lowest BCUT2D eigenvalue weighted by molar-refractivity contribution is 0.0572. The molecule has 0 bridgehead atoms. The maximum absolute atomic E-state index is 9.42. The molecule has 2 rings (SSSR count). The van der Waals surface area contributed by atoms with Crippen LogP contribution in [0.2, 0.25) is 0 Å². The summed E-state index contributed by atoms with van der Waals surface area (Å²) in [4.78, 5) is 5.99. The van der Waals surface area contributed by atoms with E-state index in [-0.39, 0.29) is 0 Å². The Morgan fingerprint density at radius 3 is 2.38 bits per heavy atom. The quantitative estimate of drug-likeness (QED) is 0.641. The zero-order valence-corrected chi connectivity index (χ0v) is 9.11. The number of hydrogen-bond donors (Lipinski definition) is 3. The summed E-state index contributed by atoms with van der Waals surface area (Å²) in [5, 5.41) is 28.1. The second-order valence-electron chi connectivity index (χ2n) is 4.16. The van der Waals surface area contributed by atoms with Gasteiger partial charge in [0.1, 0.15) is 0 Å². The average molecular weight is 224 g/mol. The molecule has 16 heavy (non-hydrogen) atoms. The van der Waals surface area contributed by atoms with Crippen LogP contribution in [0, 0.1) is 0 Å². The van der Waals surface area contributed by atoms with Gasteiger partial charge in [-0.25, -0.2) is 0 Å². The van der Waals surface area contributed by atoms with Gasteiger partial charge in [0.05, 0.1) is 35.9 Å². The summed E-state index contributed by atoms with van der Waals surface area (Å²) < 4.78 is 0. The summed E-state index contributed by atoms with van der Waals surface area (Å²) in [5.74, 6) is 0. The van der Waals surface area contributed by atoms with Gasteiger partial charge in [-0.1, -0.05) is 0 Å². The smallest absolute Gasteiger partial charge is 0.0990 e. The third-order valence-electron chi connectivity index (χ3n) is 2.82. The molecule has 1 aliphatic rings. The summed E-state index contributed by atoms with van der Waals surface area (Å²) in [6, 6.07) is 3.58. The van der Waals surface area contributed by atoms with Crippen LogP contribution in [-0.4, -0.2) is 45.6 Å². The van der Waals surface area contributed by atoms with Crippen LogP contribution in [-0.2, 0) is 0 Å². The standard InChI is InChI=1S/C11H16N2O3/c1-7(14)9-3-2-8(4-12-9)13-5-10(15)11(16)6-13/h2-4,7,10-11,14-16H,5-6H2,1H3. The summed E-state index contributed by atoms with van der Waals surface area (Å²) in [5.41, 5.74) is 1.46. The topological polar surface area (TPSA) is 76.8 Å². The predicted octanol–water partition coefficient (Wildman–Crippen LogP) is -0.323. The molecular formula is C11H16N2O3. The van der Waals surface area contributed by atoms with E-state index in [1.54, 1.807) is 19.2 Å². The second kappa shape index (κ2) is 4.37. The van der Waals surface area contributed by atoms with E-state index in [9.17, 15) is 15.3 Å².